The summed E-state index contributed by atoms with van der Waals surface area (Å²) in [6, 6.07) is 17.0. The fraction of sp³-hybridized carbons (Fsp3) is 0.250. The van der Waals surface area contributed by atoms with Crippen LogP contribution < -0.4 is 4.74 Å². The first-order chi connectivity index (χ1) is 12.7. The number of aryl methyl sites for hydroxylation is 1. The van der Waals surface area contributed by atoms with E-state index in [0.717, 1.165) is 17.7 Å². The molecule has 2 heterocycles. The van der Waals surface area contributed by atoms with E-state index in [1.54, 1.807) is 19.1 Å². The maximum absolute atomic E-state index is 12.7. The van der Waals surface area contributed by atoms with Gasteiger partial charge in [0.2, 0.25) is 0 Å². The third-order valence-electron chi connectivity index (χ3n) is 4.38. The summed E-state index contributed by atoms with van der Waals surface area (Å²) in [5, 5.41) is 3.78. The molecule has 1 amide bonds. The van der Waals surface area contributed by atoms with Gasteiger partial charge in [0.1, 0.15) is 11.9 Å². The number of carbonyl (C=O) groups excluding carboxylic acids is 1. The number of nitrogens with zero attached hydrogens (tertiary/aromatic N) is 3. The minimum absolute atomic E-state index is 0.0115. The van der Waals surface area contributed by atoms with Crippen molar-refractivity contribution in [3.63, 3.8) is 0 Å². The smallest absolute Gasteiger partial charge is 0.257 e. The minimum atomic E-state index is 0.0115. The standard InChI is InChI=1S/C20H19N3O3/c1-14-21-19(26-22-14)15-7-9-16(10-8-15)20(24)23-12-11-18(13-23)25-17-5-3-2-4-6-17/h2-10,18H,11-13H2,1H3/t18-/m1/s1. The monoisotopic (exact) mass is 349 g/mol. The maximum Gasteiger partial charge on any atom is 0.257 e. The van der Waals surface area contributed by atoms with Crippen molar-refractivity contribution < 1.29 is 14.1 Å². The summed E-state index contributed by atoms with van der Waals surface area (Å²) in [5.41, 5.74) is 1.44. The summed E-state index contributed by atoms with van der Waals surface area (Å²) in [6.45, 7) is 3.06. The van der Waals surface area contributed by atoms with E-state index in [0.29, 0.717) is 30.4 Å². The lowest BCUT2D eigenvalue weighted by atomic mass is 10.1. The average molecular weight is 349 g/mol. The molecule has 0 unspecified atom stereocenters. The number of ether oxygens (including phenoxy) is 1. The summed E-state index contributed by atoms with van der Waals surface area (Å²) >= 11 is 0. The quantitative estimate of drug-likeness (QED) is 0.723. The van der Waals surface area contributed by atoms with Crippen molar-refractivity contribution in [2.75, 3.05) is 13.1 Å². The first-order valence-corrected chi connectivity index (χ1v) is 8.61. The van der Waals surface area contributed by atoms with Gasteiger partial charge in [-0.15, -0.1) is 0 Å². The largest absolute Gasteiger partial charge is 0.489 e. The average Bonchev–Trinajstić information content (AvgIpc) is 3.31. The second-order valence-corrected chi connectivity index (χ2v) is 6.32. The van der Waals surface area contributed by atoms with Gasteiger partial charge < -0.3 is 14.2 Å². The van der Waals surface area contributed by atoms with Gasteiger partial charge in [-0.25, -0.2) is 0 Å². The Morgan fingerprint density at radius 2 is 1.92 bits per heavy atom. The Balaban J connectivity index is 1.40. The highest BCUT2D eigenvalue weighted by molar-refractivity contribution is 5.94. The lowest BCUT2D eigenvalue weighted by Crippen LogP contribution is -2.30. The van der Waals surface area contributed by atoms with Crippen LogP contribution in [0, 0.1) is 6.92 Å². The van der Waals surface area contributed by atoms with Gasteiger partial charge in [-0.3, -0.25) is 4.79 Å². The van der Waals surface area contributed by atoms with Crippen molar-refractivity contribution in [3.8, 4) is 17.2 Å². The molecule has 1 aliphatic heterocycles. The molecule has 6 heteroatoms. The van der Waals surface area contributed by atoms with Gasteiger partial charge in [-0.2, -0.15) is 4.98 Å². The van der Waals surface area contributed by atoms with Crippen LogP contribution in [-0.2, 0) is 0 Å². The van der Waals surface area contributed by atoms with Gasteiger partial charge >= 0.3 is 0 Å². The molecule has 1 atom stereocenters. The van der Waals surface area contributed by atoms with Crippen LogP contribution in [0.15, 0.2) is 59.1 Å². The maximum atomic E-state index is 12.7. The molecule has 132 valence electrons. The molecule has 1 aromatic heterocycles. The topological polar surface area (TPSA) is 68.5 Å². The Labute approximate surface area is 151 Å². The number of rotatable bonds is 4. The Morgan fingerprint density at radius 1 is 1.15 bits per heavy atom. The second-order valence-electron chi connectivity index (χ2n) is 6.32. The van der Waals surface area contributed by atoms with E-state index in [9.17, 15) is 4.79 Å². The number of hydrogen-bond donors (Lipinski definition) is 0. The summed E-state index contributed by atoms with van der Waals surface area (Å²) < 4.78 is 11.1. The van der Waals surface area contributed by atoms with Crippen LogP contribution in [0.5, 0.6) is 5.75 Å². The number of para-hydroxylation sites is 1. The normalized spacial score (nSPS) is 16.7. The van der Waals surface area contributed by atoms with E-state index in [2.05, 4.69) is 10.1 Å². The van der Waals surface area contributed by atoms with Crippen molar-refractivity contribution in [2.24, 2.45) is 0 Å². The predicted octanol–water partition coefficient (Wildman–Crippen LogP) is 3.34. The molecule has 4 rings (SSSR count). The van der Waals surface area contributed by atoms with Crippen LogP contribution in [0.2, 0.25) is 0 Å². The highest BCUT2D eigenvalue weighted by Crippen LogP contribution is 2.22. The summed E-state index contributed by atoms with van der Waals surface area (Å²) in [4.78, 5) is 18.7. The highest BCUT2D eigenvalue weighted by atomic mass is 16.5. The van der Waals surface area contributed by atoms with Crippen LogP contribution in [-0.4, -0.2) is 40.1 Å². The molecule has 0 N–H and O–H groups in total. The molecule has 1 fully saturated rings. The zero-order valence-corrected chi connectivity index (χ0v) is 14.5. The van der Waals surface area contributed by atoms with Crippen LogP contribution in [0.25, 0.3) is 11.5 Å². The van der Waals surface area contributed by atoms with Gasteiger partial charge in [-0.05, 0) is 43.3 Å². The zero-order chi connectivity index (χ0) is 17.9. The van der Waals surface area contributed by atoms with Crippen LogP contribution >= 0.6 is 0 Å². The van der Waals surface area contributed by atoms with Crippen LogP contribution in [0.1, 0.15) is 22.6 Å². The van der Waals surface area contributed by atoms with Gasteiger partial charge in [-0.1, -0.05) is 23.4 Å². The van der Waals surface area contributed by atoms with Gasteiger partial charge in [0.15, 0.2) is 5.82 Å². The van der Waals surface area contributed by atoms with Gasteiger partial charge in [0, 0.05) is 24.1 Å². The van der Waals surface area contributed by atoms with Crippen LogP contribution in [0.3, 0.4) is 0 Å². The van der Waals surface area contributed by atoms with Crippen molar-refractivity contribution in [1.82, 2.24) is 15.0 Å². The lowest BCUT2D eigenvalue weighted by molar-refractivity contribution is 0.0772. The number of carbonyl (C=O) groups is 1. The fourth-order valence-corrected chi connectivity index (χ4v) is 3.05. The number of benzene rings is 2. The molecule has 0 aliphatic carbocycles. The van der Waals surface area contributed by atoms with Gasteiger partial charge in [0.25, 0.3) is 11.8 Å². The van der Waals surface area contributed by atoms with E-state index >= 15 is 0 Å². The second kappa shape index (κ2) is 7.00. The van der Waals surface area contributed by atoms with Crippen LogP contribution in [0.4, 0.5) is 0 Å². The number of amides is 1. The molecule has 6 nitrogen and oxygen atoms in total. The number of likely N-dealkylation sites (tertiary alicyclic amines) is 1. The summed E-state index contributed by atoms with van der Waals surface area (Å²) in [5.74, 6) is 1.89. The van der Waals surface area contributed by atoms with E-state index in [4.69, 9.17) is 9.26 Å². The van der Waals surface area contributed by atoms with E-state index in [1.807, 2.05) is 47.4 Å². The lowest BCUT2D eigenvalue weighted by Gasteiger charge is -2.17. The Bertz CT molecular complexity index is 890. The van der Waals surface area contributed by atoms with Crippen molar-refractivity contribution in [2.45, 2.75) is 19.4 Å². The molecule has 26 heavy (non-hydrogen) atoms. The molecule has 0 radical (unpaired) electrons. The summed E-state index contributed by atoms with van der Waals surface area (Å²) in [7, 11) is 0. The zero-order valence-electron chi connectivity index (χ0n) is 14.5. The van der Waals surface area contributed by atoms with Gasteiger partial charge in [0.05, 0.1) is 6.54 Å². The molecule has 0 bridgehead atoms. The molecular formula is C20H19N3O3. The third kappa shape index (κ3) is 3.44. The van der Waals surface area contributed by atoms with Crippen molar-refractivity contribution in [3.05, 3.63) is 66.0 Å². The third-order valence-corrected chi connectivity index (χ3v) is 4.38. The highest BCUT2D eigenvalue weighted by Gasteiger charge is 2.28. The SMILES string of the molecule is Cc1noc(-c2ccc(C(=O)N3CC[C@@H](Oc4ccccc4)C3)cc2)n1. The molecule has 1 saturated heterocycles. The predicted molar refractivity (Wildman–Crippen MR) is 95.8 cm³/mol. The summed E-state index contributed by atoms with van der Waals surface area (Å²) in [6.07, 6.45) is 0.863. The van der Waals surface area contributed by atoms with Crippen molar-refractivity contribution in [1.29, 1.82) is 0 Å². The van der Waals surface area contributed by atoms with E-state index in [-0.39, 0.29) is 12.0 Å². The first-order valence-electron chi connectivity index (χ1n) is 8.61. The molecule has 0 saturated carbocycles. The van der Waals surface area contributed by atoms with Crippen molar-refractivity contribution >= 4 is 5.91 Å². The minimum Gasteiger partial charge on any atom is -0.489 e. The van der Waals surface area contributed by atoms with E-state index < -0.39 is 0 Å². The molecule has 3 aromatic rings. The molecule has 2 aromatic carbocycles. The number of hydrogen-bond acceptors (Lipinski definition) is 5. The molecule has 1 aliphatic rings. The Hall–Kier alpha value is -3.15. The Kier molecular flexibility index (Phi) is 4.39. The molecular weight excluding hydrogens is 330 g/mol. The number of aromatic nitrogens is 2. The fourth-order valence-electron chi connectivity index (χ4n) is 3.05. The van der Waals surface area contributed by atoms with E-state index in [1.165, 1.54) is 0 Å². The Morgan fingerprint density at radius 3 is 2.62 bits per heavy atom. The first kappa shape index (κ1) is 16.3. The molecule has 0 spiro atoms.